The third-order valence-corrected chi connectivity index (χ3v) is 5.57. The zero-order valence-corrected chi connectivity index (χ0v) is 17.5. The summed E-state index contributed by atoms with van der Waals surface area (Å²) in [6.07, 6.45) is 2.76. The maximum atomic E-state index is 12.6. The van der Waals surface area contributed by atoms with Crippen LogP contribution in [0.15, 0.2) is 87.1 Å². The summed E-state index contributed by atoms with van der Waals surface area (Å²) >= 11 is 1.69. The van der Waals surface area contributed by atoms with Gasteiger partial charge in [0.25, 0.3) is 11.5 Å². The summed E-state index contributed by atoms with van der Waals surface area (Å²) in [5, 5.41) is 11.4. The molecule has 150 valence electrons. The molecule has 4 rings (SSSR count). The second-order valence-corrected chi connectivity index (χ2v) is 7.63. The minimum Gasteiger partial charge on any atom is -0.497 e. The molecule has 0 aliphatic heterocycles. The fraction of sp³-hybridized carbons (Fsp3) is 0.130. The Balaban J connectivity index is 1.73. The largest absolute Gasteiger partial charge is 0.497 e. The van der Waals surface area contributed by atoms with Crippen molar-refractivity contribution in [2.45, 2.75) is 6.42 Å². The van der Waals surface area contributed by atoms with Crippen molar-refractivity contribution >= 4 is 33.9 Å². The molecule has 0 radical (unpaired) electrons. The van der Waals surface area contributed by atoms with Crippen LogP contribution < -0.4 is 10.3 Å². The molecule has 7 heteroatoms. The lowest BCUT2D eigenvalue weighted by Gasteiger charge is -2.06. The number of thiophene rings is 1. The summed E-state index contributed by atoms with van der Waals surface area (Å²) < 4.78 is 6.66. The minimum atomic E-state index is -0.150. The highest BCUT2D eigenvalue weighted by molar-refractivity contribution is 7.09. The Hall–Kier alpha value is -3.58. The van der Waals surface area contributed by atoms with E-state index in [0.29, 0.717) is 16.6 Å². The van der Waals surface area contributed by atoms with Gasteiger partial charge in [-0.1, -0.05) is 24.3 Å². The maximum Gasteiger partial charge on any atom is 0.262 e. The molecule has 2 heterocycles. The van der Waals surface area contributed by atoms with E-state index in [1.165, 1.54) is 9.44 Å². The van der Waals surface area contributed by atoms with E-state index in [0.717, 1.165) is 17.7 Å². The van der Waals surface area contributed by atoms with Crippen LogP contribution in [-0.4, -0.2) is 16.7 Å². The van der Waals surface area contributed by atoms with Crippen molar-refractivity contribution in [3.63, 3.8) is 0 Å². The van der Waals surface area contributed by atoms with Gasteiger partial charge in [0.05, 0.1) is 23.7 Å². The monoisotopic (exact) mass is 416 g/mol. The summed E-state index contributed by atoms with van der Waals surface area (Å²) in [5.74, 6) is 1.03. The number of allylic oxidation sites excluding steroid dienone is 1. The molecular formula is C23H20N4O2S. The molecule has 0 aliphatic carbocycles. The van der Waals surface area contributed by atoms with Crippen molar-refractivity contribution in [2.24, 2.45) is 17.3 Å². The lowest BCUT2D eigenvalue weighted by atomic mass is 10.1. The topological polar surface area (TPSA) is 68.8 Å². The Labute approximate surface area is 177 Å². The van der Waals surface area contributed by atoms with Crippen molar-refractivity contribution in [1.29, 1.82) is 0 Å². The average molecular weight is 417 g/mol. The molecule has 0 N–H and O–H groups in total. The average Bonchev–Trinajstić information content (AvgIpc) is 3.31. The molecule has 0 aliphatic rings. The summed E-state index contributed by atoms with van der Waals surface area (Å²) in [7, 11) is 3.28. The van der Waals surface area contributed by atoms with Gasteiger partial charge in [-0.3, -0.25) is 9.36 Å². The van der Waals surface area contributed by atoms with Crippen LogP contribution in [0.2, 0.25) is 0 Å². The number of ether oxygens (including phenoxy) is 1. The number of fused-ring (bicyclic) bond motifs is 1. The van der Waals surface area contributed by atoms with E-state index in [1.54, 1.807) is 37.6 Å². The van der Waals surface area contributed by atoms with Crippen LogP contribution >= 0.6 is 11.3 Å². The number of aromatic nitrogens is 2. The molecule has 2 aromatic carbocycles. The highest BCUT2D eigenvalue weighted by Crippen LogP contribution is 2.23. The van der Waals surface area contributed by atoms with Crippen LogP contribution in [0.4, 0.5) is 5.95 Å². The first kappa shape index (κ1) is 19.7. The molecule has 6 nitrogen and oxygen atoms in total. The zero-order valence-electron chi connectivity index (χ0n) is 16.6. The predicted molar refractivity (Wildman–Crippen MR) is 120 cm³/mol. The number of methoxy groups -OCH3 is 1. The fourth-order valence-corrected chi connectivity index (χ4v) is 3.67. The minimum absolute atomic E-state index is 0.150. The van der Waals surface area contributed by atoms with E-state index in [-0.39, 0.29) is 11.5 Å². The molecule has 0 bridgehead atoms. The van der Waals surface area contributed by atoms with Gasteiger partial charge < -0.3 is 4.74 Å². The first-order valence-corrected chi connectivity index (χ1v) is 10.3. The van der Waals surface area contributed by atoms with E-state index in [1.807, 2.05) is 53.9 Å². The summed E-state index contributed by atoms with van der Waals surface area (Å²) in [4.78, 5) is 18.3. The molecule has 0 atom stereocenters. The molecule has 0 saturated carbocycles. The highest BCUT2D eigenvalue weighted by atomic mass is 32.1. The van der Waals surface area contributed by atoms with E-state index >= 15 is 0 Å². The number of hydrogen-bond acceptors (Lipinski definition) is 6. The lowest BCUT2D eigenvalue weighted by Crippen LogP contribution is -2.17. The second kappa shape index (κ2) is 8.84. The molecule has 0 fully saturated rings. The lowest BCUT2D eigenvalue weighted by molar-refractivity contribution is 0.415. The fourth-order valence-electron chi connectivity index (χ4n) is 3.00. The van der Waals surface area contributed by atoms with Crippen LogP contribution in [0.1, 0.15) is 10.4 Å². The van der Waals surface area contributed by atoms with Gasteiger partial charge in [0.15, 0.2) is 0 Å². The van der Waals surface area contributed by atoms with Gasteiger partial charge in [-0.2, -0.15) is 0 Å². The number of rotatable bonds is 6. The SMILES string of the molecule is COc1ccc(/C(=C/Cc2cccs2)N=Nc2nc3ccccc3c(=O)n2C)cc1. The molecule has 0 spiro atoms. The normalized spacial score (nSPS) is 12.0. The molecule has 2 aromatic heterocycles. The van der Waals surface area contributed by atoms with Crippen molar-refractivity contribution in [3.05, 3.63) is 92.9 Å². The van der Waals surface area contributed by atoms with Crippen LogP contribution in [-0.2, 0) is 13.5 Å². The van der Waals surface area contributed by atoms with Gasteiger partial charge in [0, 0.05) is 23.9 Å². The molecule has 30 heavy (non-hydrogen) atoms. The van der Waals surface area contributed by atoms with Gasteiger partial charge in [0.1, 0.15) is 5.75 Å². The zero-order chi connectivity index (χ0) is 20.9. The molecule has 0 amide bonds. The number of azo groups is 1. The number of para-hydroxylation sites is 1. The first-order chi connectivity index (χ1) is 14.7. The third kappa shape index (κ3) is 4.21. The first-order valence-electron chi connectivity index (χ1n) is 9.40. The van der Waals surface area contributed by atoms with E-state index in [4.69, 9.17) is 4.74 Å². The van der Waals surface area contributed by atoms with Gasteiger partial charge in [-0.05, 0) is 47.8 Å². The van der Waals surface area contributed by atoms with E-state index in [2.05, 4.69) is 21.3 Å². The third-order valence-electron chi connectivity index (χ3n) is 4.67. The van der Waals surface area contributed by atoms with Gasteiger partial charge in [0.2, 0.25) is 0 Å². The van der Waals surface area contributed by atoms with Gasteiger partial charge >= 0.3 is 0 Å². The van der Waals surface area contributed by atoms with Crippen LogP contribution in [0, 0.1) is 0 Å². The predicted octanol–water partition coefficient (Wildman–Crippen LogP) is 5.37. The number of nitrogens with zero attached hydrogens (tertiary/aromatic N) is 4. The van der Waals surface area contributed by atoms with Crippen molar-refractivity contribution in [2.75, 3.05) is 7.11 Å². The van der Waals surface area contributed by atoms with Crippen LogP contribution in [0.3, 0.4) is 0 Å². The standard InChI is InChI=1S/C23H20N4O2S/c1-27-22(28)19-7-3-4-8-21(19)24-23(27)26-25-20(14-13-18-6-5-15-30-18)16-9-11-17(29-2)12-10-16/h3-12,14-15H,13H2,1-2H3/b20-14-,26-25?. The van der Waals surface area contributed by atoms with Crippen LogP contribution in [0.25, 0.3) is 16.6 Å². The summed E-state index contributed by atoms with van der Waals surface area (Å²) in [6, 6.07) is 19.0. The molecule has 0 unspecified atom stereocenters. The Morgan fingerprint density at radius 2 is 1.93 bits per heavy atom. The quantitative estimate of drug-likeness (QED) is 0.397. The van der Waals surface area contributed by atoms with Gasteiger partial charge in [-0.25, -0.2) is 4.98 Å². The smallest absolute Gasteiger partial charge is 0.262 e. The van der Waals surface area contributed by atoms with Crippen molar-refractivity contribution in [1.82, 2.24) is 9.55 Å². The Morgan fingerprint density at radius 3 is 2.67 bits per heavy atom. The number of hydrogen-bond donors (Lipinski definition) is 0. The summed E-state index contributed by atoms with van der Waals surface area (Å²) in [6.45, 7) is 0. The molecular weight excluding hydrogens is 396 g/mol. The van der Waals surface area contributed by atoms with Gasteiger partial charge in [-0.15, -0.1) is 21.6 Å². The van der Waals surface area contributed by atoms with Crippen molar-refractivity contribution in [3.8, 4) is 5.75 Å². The second-order valence-electron chi connectivity index (χ2n) is 6.59. The summed E-state index contributed by atoms with van der Waals surface area (Å²) in [5.41, 5.74) is 2.06. The van der Waals surface area contributed by atoms with Crippen LogP contribution in [0.5, 0.6) is 5.75 Å². The maximum absolute atomic E-state index is 12.6. The van der Waals surface area contributed by atoms with Crippen molar-refractivity contribution < 1.29 is 4.74 Å². The Morgan fingerprint density at radius 1 is 1.13 bits per heavy atom. The molecule has 4 aromatic rings. The van der Waals surface area contributed by atoms with E-state index < -0.39 is 0 Å². The number of benzene rings is 2. The molecule has 0 saturated heterocycles. The Bertz CT molecular complexity index is 1270. The highest BCUT2D eigenvalue weighted by Gasteiger charge is 2.08. The Kier molecular flexibility index (Phi) is 5.81. The van der Waals surface area contributed by atoms with E-state index in [9.17, 15) is 4.79 Å².